The first-order valence-electron chi connectivity index (χ1n) is 5.16. The molecule has 5 heteroatoms. The molecule has 0 heterocycles. The molecule has 0 aliphatic heterocycles. The predicted molar refractivity (Wildman–Crippen MR) is 68.9 cm³/mol. The summed E-state index contributed by atoms with van der Waals surface area (Å²) in [6.07, 6.45) is 0. The van der Waals surface area contributed by atoms with Crippen molar-refractivity contribution in [2.45, 2.75) is 0 Å². The third kappa shape index (κ3) is 2.65. The van der Waals surface area contributed by atoms with Crippen molar-refractivity contribution in [1.29, 1.82) is 0 Å². The van der Waals surface area contributed by atoms with Gasteiger partial charge in [-0.05, 0) is 24.3 Å². The van der Waals surface area contributed by atoms with Crippen molar-refractivity contribution in [3.63, 3.8) is 0 Å². The van der Waals surface area contributed by atoms with Gasteiger partial charge in [-0.1, -0.05) is 11.6 Å². The van der Waals surface area contributed by atoms with E-state index >= 15 is 0 Å². The highest BCUT2D eigenvalue weighted by atomic mass is 35.5. The van der Waals surface area contributed by atoms with Gasteiger partial charge < -0.3 is 15.2 Å². The van der Waals surface area contributed by atoms with Crippen molar-refractivity contribution in [3.05, 3.63) is 47.2 Å². The fourth-order valence-corrected chi connectivity index (χ4v) is 1.60. The van der Waals surface area contributed by atoms with Gasteiger partial charge in [-0.25, -0.2) is 4.39 Å². The summed E-state index contributed by atoms with van der Waals surface area (Å²) in [5.41, 5.74) is 6.20. The van der Waals surface area contributed by atoms with Gasteiger partial charge in [0.1, 0.15) is 23.1 Å². The summed E-state index contributed by atoms with van der Waals surface area (Å²) >= 11 is 5.66. The summed E-state index contributed by atoms with van der Waals surface area (Å²) < 4.78 is 23.6. The molecule has 0 atom stereocenters. The van der Waals surface area contributed by atoms with Gasteiger partial charge in [0.15, 0.2) is 0 Å². The molecule has 18 heavy (non-hydrogen) atoms. The quantitative estimate of drug-likeness (QED) is 0.859. The molecule has 3 nitrogen and oxygen atoms in total. The third-order valence-electron chi connectivity index (χ3n) is 2.33. The second-order valence-electron chi connectivity index (χ2n) is 3.58. The maximum atomic E-state index is 13.0. The molecule has 0 aliphatic carbocycles. The average Bonchev–Trinajstić information content (AvgIpc) is 2.36. The summed E-state index contributed by atoms with van der Waals surface area (Å²) in [4.78, 5) is 0. The lowest BCUT2D eigenvalue weighted by molar-refractivity contribution is 0.411. The Morgan fingerprint density at radius 2 is 1.78 bits per heavy atom. The van der Waals surface area contributed by atoms with E-state index in [-0.39, 0.29) is 5.02 Å². The van der Waals surface area contributed by atoms with Crippen molar-refractivity contribution in [1.82, 2.24) is 0 Å². The third-order valence-corrected chi connectivity index (χ3v) is 2.62. The predicted octanol–water partition coefficient (Wildman–Crippen LogP) is 3.86. The van der Waals surface area contributed by atoms with Gasteiger partial charge in [0, 0.05) is 12.1 Å². The van der Waals surface area contributed by atoms with Crippen LogP contribution in [0.25, 0.3) is 0 Å². The zero-order valence-electron chi connectivity index (χ0n) is 9.61. The van der Waals surface area contributed by atoms with Gasteiger partial charge in [-0.15, -0.1) is 0 Å². The van der Waals surface area contributed by atoms with Crippen LogP contribution in [0, 0.1) is 5.82 Å². The van der Waals surface area contributed by atoms with Gasteiger partial charge in [-0.3, -0.25) is 0 Å². The number of ether oxygens (including phenoxy) is 2. The van der Waals surface area contributed by atoms with Crippen LogP contribution in [0.5, 0.6) is 17.2 Å². The van der Waals surface area contributed by atoms with Crippen LogP contribution in [-0.4, -0.2) is 7.11 Å². The number of hydrogen-bond acceptors (Lipinski definition) is 3. The van der Waals surface area contributed by atoms with E-state index in [1.165, 1.54) is 25.3 Å². The Morgan fingerprint density at radius 3 is 2.44 bits per heavy atom. The molecule has 94 valence electrons. The largest absolute Gasteiger partial charge is 0.494 e. The summed E-state index contributed by atoms with van der Waals surface area (Å²) in [7, 11) is 1.52. The Kier molecular flexibility index (Phi) is 3.58. The van der Waals surface area contributed by atoms with E-state index in [1.807, 2.05) is 0 Å². The molecule has 0 spiro atoms. The Bertz CT molecular complexity index is 575. The molecule has 2 N–H and O–H groups in total. The first-order valence-corrected chi connectivity index (χ1v) is 5.54. The van der Waals surface area contributed by atoms with Crippen LogP contribution in [0.15, 0.2) is 36.4 Å². The molecule has 0 saturated heterocycles. The van der Waals surface area contributed by atoms with Crippen LogP contribution in [0.2, 0.25) is 5.02 Å². The fraction of sp³-hybridized carbons (Fsp3) is 0.0769. The number of rotatable bonds is 3. The number of halogens is 2. The zero-order chi connectivity index (χ0) is 13.1. The Morgan fingerprint density at radius 1 is 1.11 bits per heavy atom. The molecule has 0 bridgehead atoms. The zero-order valence-corrected chi connectivity index (χ0v) is 10.4. The molecular weight excluding hydrogens is 257 g/mol. The summed E-state index contributed by atoms with van der Waals surface area (Å²) in [6.45, 7) is 0. The number of hydrogen-bond donors (Lipinski definition) is 1. The number of methoxy groups -OCH3 is 1. The highest BCUT2D eigenvalue weighted by Crippen LogP contribution is 2.31. The highest BCUT2D eigenvalue weighted by molar-refractivity contribution is 6.30. The van der Waals surface area contributed by atoms with E-state index in [0.29, 0.717) is 22.9 Å². The van der Waals surface area contributed by atoms with Gasteiger partial charge in [0.2, 0.25) is 0 Å². The molecule has 2 rings (SSSR count). The van der Waals surface area contributed by atoms with Crippen LogP contribution >= 0.6 is 11.6 Å². The van der Waals surface area contributed by atoms with E-state index in [9.17, 15) is 4.39 Å². The molecule has 0 aliphatic rings. The van der Waals surface area contributed by atoms with Crippen molar-refractivity contribution in [2.75, 3.05) is 12.8 Å². The molecule has 0 saturated carbocycles. The minimum Gasteiger partial charge on any atom is -0.494 e. The van der Waals surface area contributed by atoms with Crippen LogP contribution in [-0.2, 0) is 0 Å². The van der Waals surface area contributed by atoms with Crippen LogP contribution in [0.1, 0.15) is 0 Å². The molecule has 0 fully saturated rings. The van der Waals surface area contributed by atoms with E-state index < -0.39 is 5.82 Å². The van der Waals surface area contributed by atoms with Crippen molar-refractivity contribution in [2.24, 2.45) is 0 Å². The first kappa shape index (κ1) is 12.5. The Hall–Kier alpha value is -1.94. The van der Waals surface area contributed by atoms with Crippen molar-refractivity contribution in [3.8, 4) is 17.2 Å². The van der Waals surface area contributed by atoms with Gasteiger partial charge in [0.05, 0.1) is 17.8 Å². The molecule has 2 aromatic carbocycles. The number of benzene rings is 2. The first-order chi connectivity index (χ1) is 8.60. The van der Waals surface area contributed by atoms with Gasteiger partial charge in [0.25, 0.3) is 0 Å². The average molecular weight is 268 g/mol. The van der Waals surface area contributed by atoms with Crippen LogP contribution in [0.4, 0.5) is 10.1 Å². The van der Waals surface area contributed by atoms with Crippen LogP contribution in [0.3, 0.4) is 0 Å². The molecule has 0 unspecified atom stereocenters. The molecule has 0 aromatic heterocycles. The lowest BCUT2D eigenvalue weighted by Crippen LogP contribution is -1.93. The molecular formula is C13H11ClFNO2. The van der Waals surface area contributed by atoms with Gasteiger partial charge >= 0.3 is 0 Å². The second kappa shape index (κ2) is 5.14. The topological polar surface area (TPSA) is 44.5 Å². The summed E-state index contributed by atoms with van der Waals surface area (Å²) in [6, 6.07) is 9.14. The SMILES string of the molecule is COc1cc(Oc2ccc(F)c(Cl)c2)ccc1N. The normalized spacial score (nSPS) is 10.2. The second-order valence-corrected chi connectivity index (χ2v) is 3.99. The lowest BCUT2D eigenvalue weighted by atomic mass is 10.2. The summed E-state index contributed by atoms with van der Waals surface area (Å²) in [5, 5.41) is 0.00918. The minimum absolute atomic E-state index is 0.00918. The van der Waals surface area contributed by atoms with Crippen LogP contribution < -0.4 is 15.2 Å². The number of anilines is 1. The maximum Gasteiger partial charge on any atom is 0.145 e. The molecule has 2 aromatic rings. The lowest BCUT2D eigenvalue weighted by Gasteiger charge is -2.09. The van der Waals surface area contributed by atoms with Crippen molar-refractivity contribution < 1.29 is 13.9 Å². The Labute approximate surface area is 109 Å². The van der Waals surface area contributed by atoms with E-state index in [4.69, 9.17) is 26.8 Å². The molecule has 0 radical (unpaired) electrons. The van der Waals surface area contributed by atoms with E-state index in [1.54, 1.807) is 18.2 Å². The van der Waals surface area contributed by atoms with Gasteiger partial charge in [-0.2, -0.15) is 0 Å². The highest BCUT2D eigenvalue weighted by Gasteiger charge is 2.05. The Balaban J connectivity index is 2.25. The van der Waals surface area contributed by atoms with E-state index in [0.717, 1.165) is 0 Å². The van der Waals surface area contributed by atoms with Crippen molar-refractivity contribution >= 4 is 17.3 Å². The smallest absolute Gasteiger partial charge is 0.145 e. The number of nitrogen functional groups attached to an aromatic ring is 1. The summed E-state index contributed by atoms with van der Waals surface area (Å²) in [5.74, 6) is 0.997. The van der Waals surface area contributed by atoms with E-state index in [2.05, 4.69) is 0 Å². The molecule has 0 amide bonds. The monoisotopic (exact) mass is 267 g/mol. The minimum atomic E-state index is -0.487. The standard InChI is InChI=1S/C13H11ClFNO2/c1-17-13-7-9(3-5-12(13)16)18-8-2-4-11(15)10(14)6-8/h2-7H,16H2,1H3. The fourth-order valence-electron chi connectivity index (χ4n) is 1.43. The number of nitrogens with two attached hydrogens (primary N) is 1. The maximum absolute atomic E-state index is 13.0.